The highest BCUT2D eigenvalue weighted by molar-refractivity contribution is 6.35. The van der Waals surface area contributed by atoms with Crippen LogP contribution in [0.25, 0.3) is 11.0 Å². The van der Waals surface area contributed by atoms with Gasteiger partial charge in [0.1, 0.15) is 11.6 Å². The van der Waals surface area contributed by atoms with E-state index in [4.69, 9.17) is 11.6 Å². The van der Waals surface area contributed by atoms with Crippen LogP contribution < -0.4 is 0 Å². The minimum absolute atomic E-state index is 0.277. The zero-order valence-electron chi connectivity index (χ0n) is 11.2. The number of nitrogens with zero attached hydrogens (tertiary/aromatic N) is 2. The summed E-state index contributed by atoms with van der Waals surface area (Å²) in [5.41, 5.74) is 2.92. The van der Waals surface area contributed by atoms with Gasteiger partial charge in [0.05, 0.1) is 16.1 Å². The molecule has 0 fully saturated rings. The Labute approximate surface area is 122 Å². The number of rotatable bonds is 3. The number of para-hydroxylation sites is 1. The molecule has 0 aliphatic carbocycles. The van der Waals surface area contributed by atoms with Crippen LogP contribution in [0, 0.1) is 0 Å². The Balaban J connectivity index is 2.10. The van der Waals surface area contributed by atoms with Crippen molar-refractivity contribution in [2.45, 2.75) is 19.9 Å². The first-order chi connectivity index (χ1) is 9.69. The van der Waals surface area contributed by atoms with Crippen LogP contribution in [0.1, 0.15) is 18.3 Å². The number of aryl methyl sites for hydroxylation is 1. The average molecular weight is 287 g/mol. The van der Waals surface area contributed by atoms with Gasteiger partial charge >= 0.3 is 0 Å². The predicted molar refractivity (Wildman–Crippen MR) is 81.3 cm³/mol. The molecule has 20 heavy (non-hydrogen) atoms. The quantitative estimate of drug-likeness (QED) is 0.790. The van der Waals surface area contributed by atoms with Crippen molar-refractivity contribution in [2.24, 2.45) is 0 Å². The van der Waals surface area contributed by atoms with Gasteiger partial charge in [-0.25, -0.2) is 4.98 Å². The molecule has 0 saturated heterocycles. The number of hydrogen-bond donors (Lipinski definition) is 1. The molecule has 0 bridgehead atoms. The van der Waals surface area contributed by atoms with Crippen LogP contribution in [0.5, 0.6) is 5.75 Å². The largest absolute Gasteiger partial charge is 0.508 e. The molecular weight excluding hydrogens is 272 g/mol. The number of phenols is 1. The normalized spacial score (nSPS) is 11.1. The summed E-state index contributed by atoms with van der Waals surface area (Å²) in [5, 5.41) is 10.3. The van der Waals surface area contributed by atoms with Crippen molar-refractivity contribution >= 4 is 22.6 Å². The molecule has 0 radical (unpaired) electrons. The standard InChI is InChI=1S/C16H15ClN2O/c1-2-19-15(10-11-5-3-6-12(20)9-11)18-14-8-4-7-13(17)16(14)19/h3-9,20H,2,10H2,1H3. The van der Waals surface area contributed by atoms with Crippen LogP contribution >= 0.6 is 11.6 Å². The predicted octanol–water partition coefficient (Wildman–Crippen LogP) is 4.01. The van der Waals surface area contributed by atoms with Crippen molar-refractivity contribution in [1.82, 2.24) is 9.55 Å². The Morgan fingerprint density at radius 3 is 2.75 bits per heavy atom. The van der Waals surface area contributed by atoms with Gasteiger partial charge in [-0.05, 0) is 36.8 Å². The third-order valence-corrected chi connectivity index (χ3v) is 3.69. The lowest BCUT2D eigenvalue weighted by Crippen LogP contribution is -2.02. The van der Waals surface area contributed by atoms with Crippen LogP contribution in [0.2, 0.25) is 5.02 Å². The molecule has 3 rings (SSSR count). The Hall–Kier alpha value is -2.00. The molecule has 0 aliphatic rings. The maximum atomic E-state index is 9.55. The van der Waals surface area contributed by atoms with E-state index in [0.29, 0.717) is 6.42 Å². The fourth-order valence-corrected chi connectivity index (χ4v) is 2.79. The number of imidazole rings is 1. The lowest BCUT2D eigenvalue weighted by Gasteiger charge is -2.07. The smallest absolute Gasteiger partial charge is 0.115 e. The summed E-state index contributed by atoms with van der Waals surface area (Å²) in [4.78, 5) is 4.67. The maximum absolute atomic E-state index is 9.55. The second-order valence-corrected chi connectivity index (χ2v) is 5.13. The SMILES string of the molecule is CCn1c(Cc2cccc(O)c2)nc2cccc(Cl)c21. The van der Waals surface area contributed by atoms with E-state index in [1.807, 2.05) is 30.3 Å². The molecule has 102 valence electrons. The minimum Gasteiger partial charge on any atom is -0.508 e. The van der Waals surface area contributed by atoms with Crippen molar-refractivity contribution in [2.75, 3.05) is 0 Å². The number of benzene rings is 2. The Morgan fingerprint density at radius 1 is 1.20 bits per heavy atom. The molecule has 4 heteroatoms. The summed E-state index contributed by atoms with van der Waals surface area (Å²) in [6, 6.07) is 13.0. The molecule has 0 spiro atoms. The van der Waals surface area contributed by atoms with Crippen molar-refractivity contribution in [3.8, 4) is 5.75 Å². The molecule has 0 amide bonds. The minimum atomic E-state index is 0.277. The van der Waals surface area contributed by atoms with E-state index in [0.717, 1.165) is 34.0 Å². The molecule has 2 aromatic carbocycles. The van der Waals surface area contributed by atoms with Crippen LogP contribution in [0.4, 0.5) is 0 Å². The van der Waals surface area contributed by atoms with Crippen molar-refractivity contribution < 1.29 is 5.11 Å². The summed E-state index contributed by atoms with van der Waals surface area (Å²) in [6.45, 7) is 2.89. The Morgan fingerprint density at radius 2 is 2.00 bits per heavy atom. The van der Waals surface area contributed by atoms with Crippen LogP contribution in [-0.2, 0) is 13.0 Å². The molecule has 1 N–H and O–H groups in total. The van der Waals surface area contributed by atoms with E-state index in [2.05, 4.69) is 16.5 Å². The fraction of sp³-hybridized carbons (Fsp3) is 0.188. The number of aromatic hydroxyl groups is 1. The second kappa shape index (κ2) is 5.17. The number of phenolic OH excluding ortho intramolecular Hbond substituents is 1. The topological polar surface area (TPSA) is 38.0 Å². The van der Waals surface area contributed by atoms with Gasteiger partial charge in [0.25, 0.3) is 0 Å². The van der Waals surface area contributed by atoms with Crippen LogP contribution in [0.3, 0.4) is 0 Å². The van der Waals surface area contributed by atoms with Gasteiger partial charge in [-0.2, -0.15) is 0 Å². The molecule has 3 nitrogen and oxygen atoms in total. The number of hydrogen-bond acceptors (Lipinski definition) is 2. The highest BCUT2D eigenvalue weighted by atomic mass is 35.5. The third kappa shape index (κ3) is 2.25. The number of fused-ring (bicyclic) bond motifs is 1. The van der Waals surface area contributed by atoms with E-state index >= 15 is 0 Å². The molecule has 0 aliphatic heterocycles. The fourth-order valence-electron chi connectivity index (χ4n) is 2.51. The molecule has 0 atom stereocenters. The van der Waals surface area contributed by atoms with Crippen molar-refractivity contribution in [3.63, 3.8) is 0 Å². The summed E-state index contributed by atoms with van der Waals surface area (Å²) < 4.78 is 2.13. The summed E-state index contributed by atoms with van der Waals surface area (Å²) in [5.74, 6) is 1.24. The number of halogens is 1. The monoisotopic (exact) mass is 286 g/mol. The zero-order valence-corrected chi connectivity index (χ0v) is 11.9. The van der Waals surface area contributed by atoms with Gasteiger partial charge in [0, 0.05) is 13.0 Å². The lowest BCUT2D eigenvalue weighted by molar-refractivity contribution is 0.474. The van der Waals surface area contributed by atoms with Crippen LogP contribution in [0.15, 0.2) is 42.5 Å². The molecule has 0 saturated carbocycles. The van der Waals surface area contributed by atoms with Gasteiger partial charge in [-0.15, -0.1) is 0 Å². The first kappa shape index (κ1) is 13.0. The average Bonchev–Trinajstić information content (AvgIpc) is 2.77. The van der Waals surface area contributed by atoms with E-state index in [9.17, 15) is 5.11 Å². The molecule has 1 heterocycles. The highest BCUT2D eigenvalue weighted by Gasteiger charge is 2.12. The number of aromatic nitrogens is 2. The van der Waals surface area contributed by atoms with Gasteiger partial charge < -0.3 is 9.67 Å². The van der Waals surface area contributed by atoms with E-state index in [-0.39, 0.29) is 5.75 Å². The Kier molecular flexibility index (Phi) is 3.36. The zero-order chi connectivity index (χ0) is 14.1. The summed E-state index contributed by atoms with van der Waals surface area (Å²) >= 11 is 6.28. The third-order valence-electron chi connectivity index (χ3n) is 3.39. The van der Waals surface area contributed by atoms with Gasteiger partial charge in [0.15, 0.2) is 0 Å². The lowest BCUT2D eigenvalue weighted by atomic mass is 10.1. The van der Waals surface area contributed by atoms with Gasteiger partial charge in [-0.3, -0.25) is 0 Å². The van der Waals surface area contributed by atoms with Gasteiger partial charge in [-0.1, -0.05) is 29.8 Å². The van der Waals surface area contributed by atoms with E-state index in [1.54, 1.807) is 12.1 Å². The Bertz CT molecular complexity index is 764. The molecular formula is C16H15ClN2O. The maximum Gasteiger partial charge on any atom is 0.115 e. The first-order valence-electron chi connectivity index (χ1n) is 6.60. The van der Waals surface area contributed by atoms with Gasteiger partial charge in [0.2, 0.25) is 0 Å². The molecule has 3 aromatic rings. The highest BCUT2D eigenvalue weighted by Crippen LogP contribution is 2.26. The van der Waals surface area contributed by atoms with E-state index < -0.39 is 0 Å². The van der Waals surface area contributed by atoms with Crippen molar-refractivity contribution in [3.05, 3.63) is 58.9 Å². The molecule has 0 unspecified atom stereocenters. The van der Waals surface area contributed by atoms with Crippen LogP contribution in [-0.4, -0.2) is 14.7 Å². The molecule has 1 aromatic heterocycles. The van der Waals surface area contributed by atoms with Crippen molar-refractivity contribution in [1.29, 1.82) is 0 Å². The second-order valence-electron chi connectivity index (χ2n) is 4.73. The first-order valence-corrected chi connectivity index (χ1v) is 6.98. The summed E-state index contributed by atoms with van der Waals surface area (Å²) in [7, 11) is 0. The van der Waals surface area contributed by atoms with E-state index in [1.165, 1.54) is 0 Å². The summed E-state index contributed by atoms with van der Waals surface area (Å²) in [6.07, 6.45) is 0.674.